The van der Waals surface area contributed by atoms with Gasteiger partial charge in [-0.1, -0.05) is 28.1 Å². The van der Waals surface area contributed by atoms with E-state index < -0.39 is 10.8 Å². The van der Waals surface area contributed by atoms with Crippen LogP contribution in [0.3, 0.4) is 0 Å². The van der Waals surface area contributed by atoms with Crippen LogP contribution in [0.1, 0.15) is 29.8 Å². The second kappa shape index (κ2) is 13.2. The van der Waals surface area contributed by atoms with Gasteiger partial charge in [-0.05, 0) is 50.2 Å². The Kier molecular flexibility index (Phi) is 9.73. The number of nitro groups is 1. The van der Waals surface area contributed by atoms with Crippen molar-refractivity contribution in [1.29, 1.82) is 0 Å². The maximum atomic E-state index is 12.5. The number of benzene rings is 3. The van der Waals surface area contributed by atoms with Gasteiger partial charge in [-0.2, -0.15) is 5.10 Å². The summed E-state index contributed by atoms with van der Waals surface area (Å²) in [7, 11) is 0. The highest BCUT2D eigenvalue weighted by Crippen LogP contribution is 2.25. The second-order valence-corrected chi connectivity index (χ2v) is 8.66. The van der Waals surface area contributed by atoms with Crippen LogP contribution in [-0.4, -0.2) is 42.6 Å². The molecule has 0 heterocycles. The van der Waals surface area contributed by atoms with Crippen molar-refractivity contribution in [3.63, 3.8) is 0 Å². The van der Waals surface area contributed by atoms with Crippen LogP contribution in [0, 0.1) is 10.1 Å². The molecule has 192 valence electrons. The van der Waals surface area contributed by atoms with Gasteiger partial charge in [0.05, 0.1) is 11.1 Å². The number of nitrogens with one attached hydrogen (secondary N) is 2. The molecule has 0 aliphatic rings. The van der Waals surface area contributed by atoms with Crippen molar-refractivity contribution < 1.29 is 19.2 Å². The number of carbonyl (C=O) groups is 2. The average Bonchev–Trinajstić information content (AvgIpc) is 2.89. The number of hydrogen-bond donors (Lipinski definition) is 2. The minimum absolute atomic E-state index is 0.131. The Hall–Kier alpha value is -4.25. The first-order chi connectivity index (χ1) is 17.8. The molecule has 0 unspecified atom stereocenters. The van der Waals surface area contributed by atoms with E-state index >= 15 is 0 Å². The van der Waals surface area contributed by atoms with Crippen LogP contribution in [0.25, 0.3) is 0 Å². The summed E-state index contributed by atoms with van der Waals surface area (Å²) in [5.74, 6) is -0.477. The third-order valence-electron chi connectivity index (χ3n) is 5.28. The van der Waals surface area contributed by atoms with Crippen LogP contribution in [0.4, 0.5) is 17.1 Å². The summed E-state index contributed by atoms with van der Waals surface area (Å²) in [6.45, 7) is 5.28. The minimum Gasteiger partial charge on any atom is -0.483 e. The first-order valence-corrected chi connectivity index (χ1v) is 12.2. The molecule has 0 spiro atoms. The first-order valence-electron chi connectivity index (χ1n) is 11.5. The van der Waals surface area contributed by atoms with E-state index in [9.17, 15) is 19.7 Å². The van der Waals surface area contributed by atoms with Gasteiger partial charge in [0.1, 0.15) is 5.75 Å². The van der Waals surface area contributed by atoms with Crippen molar-refractivity contribution in [3.8, 4) is 5.75 Å². The number of hydrogen-bond acceptors (Lipinski definition) is 7. The molecule has 37 heavy (non-hydrogen) atoms. The molecular weight excluding hydrogens is 542 g/mol. The van der Waals surface area contributed by atoms with Gasteiger partial charge in [-0.15, -0.1) is 0 Å². The highest BCUT2D eigenvalue weighted by molar-refractivity contribution is 9.10. The number of anilines is 2. The molecule has 0 fully saturated rings. The van der Waals surface area contributed by atoms with Crippen molar-refractivity contribution in [2.75, 3.05) is 29.9 Å². The Morgan fingerprint density at radius 1 is 1.08 bits per heavy atom. The van der Waals surface area contributed by atoms with Crippen molar-refractivity contribution >= 4 is 51.0 Å². The molecule has 0 aliphatic carbocycles. The zero-order chi connectivity index (χ0) is 26.8. The van der Waals surface area contributed by atoms with Crippen LogP contribution in [0.2, 0.25) is 0 Å². The lowest BCUT2D eigenvalue weighted by atomic mass is 10.1. The number of hydrazone groups is 1. The molecule has 0 saturated heterocycles. The number of halogens is 1. The van der Waals surface area contributed by atoms with Crippen molar-refractivity contribution in [2.24, 2.45) is 5.10 Å². The molecule has 10 nitrogen and oxygen atoms in total. The molecule has 0 atom stereocenters. The highest BCUT2D eigenvalue weighted by Gasteiger charge is 2.12. The zero-order valence-corrected chi connectivity index (χ0v) is 21.9. The van der Waals surface area contributed by atoms with Crippen LogP contribution in [-0.2, 0) is 4.79 Å². The smallest absolute Gasteiger partial charge is 0.271 e. The van der Waals surface area contributed by atoms with Gasteiger partial charge < -0.3 is 15.0 Å². The van der Waals surface area contributed by atoms with Crippen molar-refractivity contribution in [2.45, 2.75) is 13.8 Å². The van der Waals surface area contributed by atoms with Gasteiger partial charge in [0.15, 0.2) is 6.61 Å². The Morgan fingerprint density at radius 3 is 2.54 bits per heavy atom. The number of amides is 2. The summed E-state index contributed by atoms with van der Waals surface area (Å²) in [6, 6.07) is 18.0. The first kappa shape index (κ1) is 27.3. The number of rotatable bonds is 11. The third kappa shape index (κ3) is 7.87. The van der Waals surface area contributed by atoms with E-state index in [0.717, 1.165) is 23.2 Å². The molecule has 0 aliphatic heterocycles. The lowest BCUT2D eigenvalue weighted by Gasteiger charge is -2.22. The van der Waals surface area contributed by atoms with E-state index in [4.69, 9.17) is 4.74 Å². The average molecular weight is 568 g/mol. The third-order valence-corrected chi connectivity index (χ3v) is 5.78. The van der Waals surface area contributed by atoms with Gasteiger partial charge in [0, 0.05) is 58.3 Å². The molecule has 2 amide bonds. The van der Waals surface area contributed by atoms with Gasteiger partial charge >= 0.3 is 0 Å². The number of ether oxygens (including phenoxy) is 1. The molecule has 3 aromatic rings. The minimum atomic E-state index is -0.536. The predicted octanol–water partition coefficient (Wildman–Crippen LogP) is 4.98. The van der Waals surface area contributed by atoms with E-state index in [1.54, 1.807) is 36.4 Å². The summed E-state index contributed by atoms with van der Waals surface area (Å²) in [5, 5.41) is 17.6. The van der Waals surface area contributed by atoms with Gasteiger partial charge in [-0.25, -0.2) is 5.43 Å². The van der Waals surface area contributed by atoms with Crippen LogP contribution in [0.15, 0.2) is 76.3 Å². The molecular formula is C26H26BrN5O5. The monoisotopic (exact) mass is 567 g/mol. The largest absolute Gasteiger partial charge is 0.483 e. The van der Waals surface area contributed by atoms with E-state index in [2.05, 4.69) is 36.7 Å². The summed E-state index contributed by atoms with van der Waals surface area (Å²) >= 11 is 3.33. The lowest BCUT2D eigenvalue weighted by molar-refractivity contribution is -0.384. The quantitative estimate of drug-likeness (QED) is 0.191. The number of non-ortho nitro benzene ring substituents is 1. The van der Waals surface area contributed by atoms with Crippen molar-refractivity contribution in [3.05, 3.63) is 92.4 Å². The van der Waals surface area contributed by atoms with Crippen LogP contribution >= 0.6 is 15.9 Å². The fourth-order valence-electron chi connectivity index (χ4n) is 3.43. The molecule has 0 bridgehead atoms. The SMILES string of the molecule is CCN(CC)c1ccc(/C=N\NC(=O)c2cccc(Br)c2)c(OCC(=O)Nc2cccc([N+](=O)[O-])c2)c1. The molecule has 0 aromatic heterocycles. The Morgan fingerprint density at radius 2 is 1.84 bits per heavy atom. The fourth-order valence-corrected chi connectivity index (χ4v) is 3.83. The number of carbonyl (C=O) groups excluding carboxylic acids is 2. The second-order valence-electron chi connectivity index (χ2n) is 7.75. The molecule has 3 rings (SSSR count). The molecule has 2 N–H and O–H groups in total. The van der Waals surface area contributed by atoms with Crippen molar-refractivity contribution in [1.82, 2.24) is 5.43 Å². The standard InChI is InChI=1S/C26H26BrN5O5/c1-3-31(4-2)22-12-11-19(16-28-30-26(34)18-7-5-8-20(27)13-18)24(15-22)37-17-25(33)29-21-9-6-10-23(14-21)32(35)36/h5-16H,3-4,17H2,1-2H3,(H,29,33)(H,30,34)/b28-16-. The Labute approximate surface area is 222 Å². The normalized spacial score (nSPS) is 10.7. The summed E-state index contributed by atoms with van der Waals surface area (Å²) in [5.41, 5.74) is 4.53. The van der Waals surface area contributed by atoms with E-state index in [-0.39, 0.29) is 23.9 Å². The van der Waals surface area contributed by atoms with Gasteiger partial charge in [-0.3, -0.25) is 19.7 Å². The topological polar surface area (TPSA) is 126 Å². The summed E-state index contributed by atoms with van der Waals surface area (Å²) in [6.07, 6.45) is 1.44. The molecule has 11 heteroatoms. The Bertz CT molecular complexity index is 1310. The fraction of sp³-hybridized carbons (Fsp3) is 0.192. The molecule has 3 aromatic carbocycles. The van der Waals surface area contributed by atoms with Crippen LogP contribution in [0.5, 0.6) is 5.75 Å². The number of nitro benzene ring substituents is 1. The summed E-state index contributed by atoms with van der Waals surface area (Å²) in [4.78, 5) is 37.4. The van der Waals surface area contributed by atoms with Gasteiger partial charge in [0.25, 0.3) is 17.5 Å². The zero-order valence-electron chi connectivity index (χ0n) is 20.3. The highest BCUT2D eigenvalue weighted by atomic mass is 79.9. The number of nitrogens with zero attached hydrogens (tertiary/aromatic N) is 3. The lowest BCUT2D eigenvalue weighted by Crippen LogP contribution is -2.23. The van der Waals surface area contributed by atoms with E-state index in [1.807, 2.05) is 26.0 Å². The summed E-state index contributed by atoms with van der Waals surface area (Å²) < 4.78 is 6.58. The Balaban J connectivity index is 1.74. The maximum Gasteiger partial charge on any atom is 0.271 e. The molecule has 0 saturated carbocycles. The predicted molar refractivity (Wildman–Crippen MR) is 146 cm³/mol. The molecule has 0 radical (unpaired) electrons. The van der Waals surface area contributed by atoms with E-state index in [0.29, 0.717) is 16.9 Å². The van der Waals surface area contributed by atoms with Gasteiger partial charge in [0.2, 0.25) is 0 Å². The van der Waals surface area contributed by atoms with Crippen LogP contribution < -0.4 is 20.4 Å². The van der Waals surface area contributed by atoms with E-state index in [1.165, 1.54) is 24.4 Å². The maximum absolute atomic E-state index is 12.5.